The molecule has 7 heteroatoms. The van der Waals surface area contributed by atoms with Gasteiger partial charge in [0.1, 0.15) is 0 Å². The summed E-state index contributed by atoms with van der Waals surface area (Å²) in [4.78, 5) is 14.8. The number of unbranched alkanes of at least 4 members (excludes halogenated alkanes) is 1. The molecule has 0 aromatic carbocycles. The molecule has 0 aliphatic carbocycles. The summed E-state index contributed by atoms with van der Waals surface area (Å²) in [5, 5.41) is 4.11. The van der Waals surface area contributed by atoms with E-state index in [9.17, 15) is 0 Å². The molecule has 2 aromatic rings. The molecule has 0 unspecified atom stereocenters. The molecule has 0 N–H and O–H groups in total. The Hall–Kier alpha value is -2.18. The Labute approximate surface area is 112 Å². The number of methoxy groups -OCH3 is 1. The Balaban J connectivity index is 2.31. The number of rotatable bonds is 6. The first kappa shape index (κ1) is 13.3. The predicted octanol–water partition coefficient (Wildman–Crippen LogP) is 1.30. The van der Waals surface area contributed by atoms with Crippen molar-refractivity contribution >= 4 is 5.95 Å². The van der Waals surface area contributed by atoms with Crippen molar-refractivity contribution in [2.24, 2.45) is 0 Å². The summed E-state index contributed by atoms with van der Waals surface area (Å²) in [5.74, 6) is 1.04. The van der Waals surface area contributed by atoms with Crippen molar-refractivity contribution in [1.82, 2.24) is 24.7 Å². The van der Waals surface area contributed by atoms with Gasteiger partial charge >= 0.3 is 6.01 Å². The van der Waals surface area contributed by atoms with Gasteiger partial charge in [0, 0.05) is 26.0 Å². The Morgan fingerprint density at radius 3 is 2.79 bits per heavy atom. The summed E-state index contributed by atoms with van der Waals surface area (Å²) in [5.41, 5.74) is 0. The van der Waals surface area contributed by atoms with Gasteiger partial charge in [-0.1, -0.05) is 13.3 Å². The lowest BCUT2D eigenvalue weighted by atomic mass is 10.3. The van der Waals surface area contributed by atoms with E-state index in [1.165, 1.54) is 7.11 Å². The molecule has 0 amide bonds. The van der Waals surface area contributed by atoms with Crippen LogP contribution in [-0.4, -0.2) is 45.4 Å². The molecule has 0 bridgehead atoms. The van der Waals surface area contributed by atoms with E-state index in [4.69, 9.17) is 4.74 Å². The number of hydrogen-bond acceptors (Lipinski definition) is 6. The summed E-state index contributed by atoms with van der Waals surface area (Å²) in [6.45, 7) is 3.04. The largest absolute Gasteiger partial charge is 0.467 e. The zero-order valence-corrected chi connectivity index (χ0v) is 11.4. The number of nitrogens with zero attached hydrogens (tertiary/aromatic N) is 6. The van der Waals surface area contributed by atoms with Gasteiger partial charge in [-0.05, 0) is 12.5 Å². The Bertz CT molecular complexity index is 513. The fraction of sp³-hybridized carbons (Fsp3) is 0.500. The van der Waals surface area contributed by atoms with Crippen LogP contribution < -0.4 is 9.64 Å². The average molecular weight is 262 g/mol. The van der Waals surface area contributed by atoms with Crippen molar-refractivity contribution < 1.29 is 4.74 Å². The van der Waals surface area contributed by atoms with Crippen molar-refractivity contribution in [1.29, 1.82) is 0 Å². The molecule has 0 saturated heterocycles. The molecule has 0 atom stereocenters. The lowest BCUT2D eigenvalue weighted by molar-refractivity contribution is 0.376. The van der Waals surface area contributed by atoms with Crippen molar-refractivity contribution in [3.63, 3.8) is 0 Å². The third-order valence-corrected chi connectivity index (χ3v) is 2.67. The van der Waals surface area contributed by atoms with Gasteiger partial charge in [0.15, 0.2) is 0 Å². The zero-order chi connectivity index (χ0) is 13.7. The lowest BCUT2D eigenvalue weighted by Crippen LogP contribution is -2.22. The summed E-state index contributed by atoms with van der Waals surface area (Å²) < 4.78 is 6.70. The van der Waals surface area contributed by atoms with Crippen molar-refractivity contribution in [2.45, 2.75) is 19.8 Å². The fourth-order valence-corrected chi connectivity index (χ4v) is 1.58. The second-order valence-corrected chi connectivity index (χ2v) is 4.15. The van der Waals surface area contributed by atoms with Crippen LogP contribution in [0.1, 0.15) is 19.8 Å². The zero-order valence-electron chi connectivity index (χ0n) is 11.4. The third-order valence-electron chi connectivity index (χ3n) is 2.67. The first-order valence-electron chi connectivity index (χ1n) is 6.25. The van der Waals surface area contributed by atoms with Crippen LogP contribution in [0.25, 0.3) is 5.95 Å². The molecule has 0 aliphatic rings. The van der Waals surface area contributed by atoms with Crippen molar-refractivity contribution in [3.8, 4) is 12.0 Å². The minimum Gasteiger partial charge on any atom is -0.467 e. The molecular formula is C12H18N6O. The minimum absolute atomic E-state index is 0.291. The number of anilines is 1. The van der Waals surface area contributed by atoms with Gasteiger partial charge in [0.2, 0.25) is 5.95 Å². The Morgan fingerprint density at radius 2 is 2.16 bits per heavy atom. The molecule has 0 aliphatic heterocycles. The van der Waals surface area contributed by atoms with Crippen LogP contribution in [-0.2, 0) is 0 Å². The molecule has 0 radical (unpaired) electrons. The summed E-state index contributed by atoms with van der Waals surface area (Å²) >= 11 is 0. The molecule has 0 spiro atoms. The highest BCUT2D eigenvalue weighted by Crippen LogP contribution is 2.13. The maximum Gasteiger partial charge on any atom is 0.322 e. The second-order valence-electron chi connectivity index (χ2n) is 4.15. The fourth-order valence-electron chi connectivity index (χ4n) is 1.58. The van der Waals surface area contributed by atoms with Crippen molar-refractivity contribution in [2.75, 3.05) is 25.6 Å². The molecule has 0 fully saturated rings. The van der Waals surface area contributed by atoms with Gasteiger partial charge in [-0.2, -0.15) is 20.1 Å². The highest BCUT2D eigenvalue weighted by molar-refractivity contribution is 5.32. The number of hydrogen-bond donors (Lipinski definition) is 0. The van der Waals surface area contributed by atoms with E-state index in [1.54, 1.807) is 17.1 Å². The number of aromatic nitrogens is 5. The first-order chi connectivity index (χ1) is 9.24. The standard InChI is InChI=1S/C12H18N6O/c1-4-5-8-17(2)10-14-11(16-12(15-10)19-3)18-9-6-7-13-18/h6-7,9H,4-5,8H2,1-3H3. The van der Waals surface area contributed by atoms with Gasteiger partial charge in [0.25, 0.3) is 5.95 Å². The molecule has 2 rings (SSSR count). The van der Waals surface area contributed by atoms with Gasteiger partial charge in [0.05, 0.1) is 7.11 Å². The van der Waals surface area contributed by atoms with E-state index in [0.29, 0.717) is 17.9 Å². The molecule has 7 nitrogen and oxygen atoms in total. The van der Waals surface area contributed by atoms with Crippen molar-refractivity contribution in [3.05, 3.63) is 18.5 Å². The van der Waals surface area contributed by atoms with Crippen LogP contribution in [0.2, 0.25) is 0 Å². The van der Waals surface area contributed by atoms with Crippen LogP contribution >= 0.6 is 0 Å². The molecule has 0 saturated carbocycles. The van der Waals surface area contributed by atoms with E-state index < -0.39 is 0 Å². The highest BCUT2D eigenvalue weighted by atomic mass is 16.5. The van der Waals surface area contributed by atoms with Gasteiger partial charge in [-0.3, -0.25) is 0 Å². The normalized spacial score (nSPS) is 10.5. The smallest absolute Gasteiger partial charge is 0.322 e. The Morgan fingerprint density at radius 1 is 1.32 bits per heavy atom. The maximum atomic E-state index is 5.12. The highest BCUT2D eigenvalue weighted by Gasteiger charge is 2.11. The van der Waals surface area contributed by atoms with E-state index in [0.717, 1.165) is 19.4 Å². The third kappa shape index (κ3) is 3.18. The maximum absolute atomic E-state index is 5.12. The monoisotopic (exact) mass is 262 g/mol. The quantitative estimate of drug-likeness (QED) is 0.781. The summed E-state index contributed by atoms with van der Waals surface area (Å²) in [7, 11) is 3.50. The Kier molecular flexibility index (Phi) is 4.27. The van der Waals surface area contributed by atoms with E-state index in [-0.39, 0.29) is 0 Å². The van der Waals surface area contributed by atoms with Crippen LogP contribution in [0.15, 0.2) is 18.5 Å². The van der Waals surface area contributed by atoms with Gasteiger partial charge in [-0.15, -0.1) is 0 Å². The second kappa shape index (κ2) is 6.12. The first-order valence-corrected chi connectivity index (χ1v) is 6.25. The predicted molar refractivity (Wildman–Crippen MR) is 71.7 cm³/mol. The molecule has 19 heavy (non-hydrogen) atoms. The topological polar surface area (TPSA) is 69.0 Å². The molecule has 2 aromatic heterocycles. The summed E-state index contributed by atoms with van der Waals surface area (Å²) in [6, 6.07) is 2.11. The summed E-state index contributed by atoms with van der Waals surface area (Å²) in [6.07, 6.45) is 5.67. The number of ether oxygens (including phenoxy) is 1. The molecular weight excluding hydrogens is 244 g/mol. The molecule has 2 heterocycles. The van der Waals surface area contributed by atoms with Crippen LogP contribution in [0.5, 0.6) is 6.01 Å². The lowest BCUT2D eigenvalue weighted by Gasteiger charge is -2.17. The van der Waals surface area contributed by atoms with E-state index in [2.05, 4.69) is 27.0 Å². The minimum atomic E-state index is 0.291. The molecule has 102 valence electrons. The SMILES string of the molecule is CCCCN(C)c1nc(OC)nc(-n2cccn2)n1. The van der Waals surface area contributed by atoms with Crippen LogP contribution in [0.4, 0.5) is 5.95 Å². The van der Waals surface area contributed by atoms with Gasteiger partial charge in [-0.25, -0.2) is 4.68 Å². The van der Waals surface area contributed by atoms with E-state index in [1.807, 2.05) is 18.0 Å². The van der Waals surface area contributed by atoms with Crippen LogP contribution in [0, 0.1) is 0 Å². The van der Waals surface area contributed by atoms with Gasteiger partial charge < -0.3 is 9.64 Å². The van der Waals surface area contributed by atoms with Crippen LogP contribution in [0.3, 0.4) is 0 Å². The van der Waals surface area contributed by atoms with E-state index >= 15 is 0 Å². The average Bonchev–Trinajstić information content (AvgIpc) is 2.98.